The molecule has 3 heteroatoms. The Morgan fingerprint density at radius 1 is 0.933 bits per heavy atom. The summed E-state index contributed by atoms with van der Waals surface area (Å²) in [7, 11) is -1.31. The lowest BCUT2D eigenvalue weighted by atomic mass is 9.73. The van der Waals surface area contributed by atoms with E-state index in [1.807, 2.05) is 24.3 Å². The molecule has 1 aromatic carbocycles. The first-order valence-corrected chi connectivity index (χ1v) is 5.08. The summed E-state index contributed by atoms with van der Waals surface area (Å²) in [5.74, 6) is 0. The second-order valence-corrected chi connectivity index (χ2v) is 3.67. The van der Waals surface area contributed by atoms with Crippen LogP contribution >= 0.6 is 0 Å². The Kier molecular flexibility index (Phi) is 3.04. The predicted octanol–water partition coefficient (Wildman–Crippen LogP) is 1.80. The lowest BCUT2D eigenvalue weighted by Crippen LogP contribution is -2.16. The number of allylic oxidation sites excluding steroid dienone is 4. The highest BCUT2D eigenvalue weighted by Crippen LogP contribution is 2.26. The Morgan fingerprint density at radius 2 is 1.67 bits per heavy atom. The molecule has 0 saturated carbocycles. The van der Waals surface area contributed by atoms with Crippen LogP contribution in [0.1, 0.15) is 18.4 Å². The van der Waals surface area contributed by atoms with Gasteiger partial charge in [0.15, 0.2) is 0 Å². The monoisotopic (exact) mass is 200 g/mol. The fourth-order valence-electron chi connectivity index (χ4n) is 1.76. The molecule has 1 aliphatic carbocycles. The average Bonchev–Trinajstić information content (AvgIpc) is 2.30. The molecule has 2 rings (SSSR count). The van der Waals surface area contributed by atoms with E-state index in [1.165, 1.54) is 11.1 Å². The van der Waals surface area contributed by atoms with Crippen LogP contribution in [0.3, 0.4) is 0 Å². The minimum atomic E-state index is -1.31. The quantitative estimate of drug-likeness (QED) is 0.714. The highest BCUT2D eigenvalue weighted by molar-refractivity contribution is 6.50. The van der Waals surface area contributed by atoms with Crippen LogP contribution in [0.2, 0.25) is 0 Å². The van der Waals surface area contributed by atoms with Gasteiger partial charge >= 0.3 is 7.12 Å². The molecule has 0 aromatic heterocycles. The number of rotatable bonds is 2. The van der Waals surface area contributed by atoms with E-state index in [-0.39, 0.29) is 0 Å². The van der Waals surface area contributed by atoms with E-state index in [0.29, 0.717) is 5.47 Å². The molecule has 76 valence electrons. The third-order valence-corrected chi connectivity index (χ3v) is 2.66. The van der Waals surface area contributed by atoms with Crippen molar-refractivity contribution < 1.29 is 10.0 Å². The maximum atomic E-state index is 8.99. The van der Waals surface area contributed by atoms with Crippen LogP contribution in [-0.2, 0) is 0 Å². The molecular weight excluding hydrogens is 187 g/mol. The van der Waals surface area contributed by atoms with Crippen molar-refractivity contribution in [1.29, 1.82) is 0 Å². The van der Waals surface area contributed by atoms with E-state index in [4.69, 9.17) is 10.0 Å². The van der Waals surface area contributed by atoms with Crippen LogP contribution in [0, 0.1) is 0 Å². The molecule has 0 saturated heterocycles. The SMILES string of the molecule is OB(O)C1=CC=C(c2ccccc2)CC1. The molecule has 2 nitrogen and oxygen atoms in total. The van der Waals surface area contributed by atoms with Gasteiger partial charge in [-0.15, -0.1) is 0 Å². The molecular formula is C12H13BO2. The first kappa shape index (κ1) is 10.2. The Balaban J connectivity index is 2.21. The summed E-state index contributed by atoms with van der Waals surface area (Å²) in [6, 6.07) is 10.2. The number of benzene rings is 1. The van der Waals surface area contributed by atoms with Crippen LogP contribution in [0.4, 0.5) is 0 Å². The lowest BCUT2D eigenvalue weighted by molar-refractivity contribution is 0.416. The highest BCUT2D eigenvalue weighted by atomic mass is 16.4. The van der Waals surface area contributed by atoms with E-state index in [2.05, 4.69) is 12.1 Å². The standard InChI is InChI=1S/C12H13BO2/c14-13(15)12-8-6-11(7-9-12)10-4-2-1-3-5-10/h1-6,8,14-15H,7,9H2. The predicted molar refractivity (Wildman–Crippen MR) is 61.9 cm³/mol. The molecule has 0 radical (unpaired) electrons. The molecule has 0 unspecified atom stereocenters. The highest BCUT2D eigenvalue weighted by Gasteiger charge is 2.17. The molecule has 0 aliphatic heterocycles. The molecule has 0 atom stereocenters. The molecule has 0 heterocycles. The molecule has 1 aromatic rings. The van der Waals surface area contributed by atoms with Crippen LogP contribution in [-0.4, -0.2) is 17.2 Å². The van der Waals surface area contributed by atoms with Crippen molar-refractivity contribution in [2.24, 2.45) is 0 Å². The van der Waals surface area contributed by atoms with Crippen LogP contribution in [0.25, 0.3) is 5.57 Å². The van der Waals surface area contributed by atoms with Crippen molar-refractivity contribution >= 4 is 12.7 Å². The normalized spacial score (nSPS) is 15.6. The van der Waals surface area contributed by atoms with E-state index in [9.17, 15) is 0 Å². The topological polar surface area (TPSA) is 40.5 Å². The summed E-state index contributed by atoms with van der Waals surface area (Å²) < 4.78 is 0. The van der Waals surface area contributed by atoms with Crippen molar-refractivity contribution in [1.82, 2.24) is 0 Å². The van der Waals surface area contributed by atoms with Crippen molar-refractivity contribution in [3.63, 3.8) is 0 Å². The molecule has 1 aliphatic rings. The van der Waals surface area contributed by atoms with Crippen LogP contribution < -0.4 is 0 Å². The van der Waals surface area contributed by atoms with Crippen molar-refractivity contribution in [3.8, 4) is 0 Å². The minimum absolute atomic E-state index is 0.690. The summed E-state index contributed by atoms with van der Waals surface area (Å²) in [6.07, 6.45) is 5.36. The van der Waals surface area contributed by atoms with Gasteiger partial charge in [0.05, 0.1) is 0 Å². The fourth-order valence-corrected chi connectivity index (χ4v) is 1.76. The Bertz CT molecular complexity index is 393. The van der Waals surface area contributed by atoms with E-state index in [1.54, 1.807) is 6.08 Å². The average molecular weight is 200 g/mol. The summed E-state index contributed by atoms with van der Waals surface area (Å²) >= 11 is 0. The molecule has 15 heavy (non-hydrogen) atoms. The number of hydrogen-bond donors (Lipinski definition) is 2. The Labute approximate surface area is 89.7 Å². The van der Waals surface area contributed by atoms with Gasteiger partial charge in [-0.2, -0.15) is 0 Å². The van der Waals surface area contributed by atoms with Gasteiger partial charge in [0, 0.05) is 0 Å². The summed E-state index contributed by atoms with van der Waals surface area (Å²) in [5.41, 5.74) is 3.15. The second-order valence-electron chi connectivity index (χ2n) is 3.67. The van der Waals surface area contributed by atoms with E-state index >= 15 is 0 Å². The maximum absolute atomic E-state index is 8.99. The van der Waals surface area contributed by atoms with Gasteiger partial charge < -0.3 is 10.0 Å². The third-order valence-electron chi connectivity index (χ3n) is 2.66. The van der Waals surface area contributed by atoms with Gasteiger partial charge in [-0.05, 0) is 29.5 Å². The summed E-state index contributed by atoms with van der Waals surface area (Å²) in [6.45, 7) is 0. The minimum Gasteiger partial charge on any atom is -0.423 e. The molecule has 0 spiro atoms. The first-order valence-electron chi connectivity index (χ1n) is 5.08. The molecule has 0 amide bonds. The van der Waals surface area contributed by atoms with E-state index in [0.717, 1.165) is 12.8 Å². The van der Waals surface area contributed by atoms with Gasteiger partial charge in [-0.3, -0.25) is 0 Å². The zero-order chi connectivity index (χ0) is 10.7. The van der Waals surface area contributed by atoms with Crippen molar-refractivity contribution in [2.45, 2.75) is 12.8 Å². The van der Waals surface area contributed by atoms with Gasteiger partial charge in [0.1, 0.15) is 0 Å². The van der Waals surface area contributed by atoms with Crippen LogP contribution in [0.5, 0.6) is 0 Å². The zero-order valence-electron chi connectivity index (χ0n) is 8.43. The Hall–Kier alpha value is -1.32. The summed E-state index contributed by atoms with van der Waals surface area (Å²) in [4.78, 5) is 0. The largest absolute Gasteiger partial charge is 0.484 e. The van der Waals surface area contributed by atoms with E-state index < -0.39 is 7.12 Å². The fraction of sp³-hybridized carbons (Fsp3) is 0.167. The third kappa shape index (κ3) is 2.38. The maximum Gasteiger partial charge on any atom is 0.484 e. The summed E-state index contributed by atoms with van der Waals surface area (Å²) in [5, 5.41) is 18.0. The smallest absolute Gasteiger partial charge is 0.423 e. The van der Waals surface area contributed by atoms with Crippen molar-refractivity contribution in [3.05, 3.63) is 53.5 Å². The van der Waals surface area contributed by atoms with Gasteiger partial charge in [0.2, 0.25) is 0 Å². The second kappa shape index (κ2) is 4.47. The lowest BCUT2D eigenvalue weighted by Gasteiger charge is -2.14. The molecule has 0 bridgehead atoms. The zero-order valence-corrected chi connectivity index (χ0v) is 8.43. The number of hydrogen-bond acceptors (Lipinski definition) is 2. The Morgan fingerprint density at radius 3 is 2.20 bits per heavy atom. The van der Waals surface area contributed by atoms with Gasteiger partial charge in [-0.1, -0.05) is 42.5 Å². The van der Waals surface area contributed by atoms with Crippen LogP contribution in [0.15, 0.2) is 48.0 Å². The molecule has 0 fully saturated rings. The first-order chi connectivity index (χ1) is 7.27. The van der Waals surface area contributed by atoms with Gasteiger partial charge in [-0.25, -0.2) is 0 Å². The van der Waals surface area contributed by atoms with Gasteiger partial charge in [0.25, 0.3) is 0 Å². The molecule has 2 N–H and O–H groups in total. The van der Waals surface area contributed by atoms with Crippen molar-refractivity contribution in [2.75, 3.05) is 0 Å².